The van der Waals surface area contributed by atoms with Crippen LogP contribution in [0, 0.1) is 13.8 Å². The minimum atomic E-state index is -0.921. The van der Waals surface area contributed by atoms with E-state index in [9.17, 15) is 14.4 Å². The molecule has 1 aliphatic carbocycles. The number of hydrogen-bond acceptors (Lipinski definition) is 6. The Bertz CT molecular complexity index is 1200. The molecule has 9 nitrogen and oxygen atoms in total. The summed E-state index contributed by atoms with van der Waals surface area (Å²) in [4.78, 5) is 45.5. The number of benzene rings is 1. The lowest BCUT2D eigenvalue weighted by molar-refractivity contribution is -0.127. The van der Waals surface area contributed by atoms with Gasteiger partial charge in [-0.15, -0.1) is 0 Å². The number of carbonyl (C=O) groups is 3. The third-order valence-corrected chi connectivity index (χ3v) is 6.22. The first kappa shape index (κ1) is 25.1. The summed E-state index contributed by atoms with van der Waals surface area (Å²) in [5, 5.41) is 9.53. The molecule has 1 aromatic carbocycles. The molecular weight excluding hydrogens is 458 g/mol. The van der Waals surface area contributed by atoms with E-state index in [1.54, 1.807) is 43.6 Å². The molecule has 0 radical (unpaired) electrons. The second-order valence-electron chi connectivity index (χ2n) is 9.15. The van der Waals surface area contributed by atoms with Crippen LogP contribution in [0.2, 0.25) is 0 Å². The highest BCUT2D eigenvalue weighted by Crippen LogP contribution is 2.30. The van der Waals surface area contributed by atoms with Crippen LogP contribution in [0.5, 0.6) is 0 Å². The van der Waals surface area contributed by atoms with Gasteiger partial charge in [0.1, 0.15) is 11.8 Å². The third kappa shape index (κ3) is 6.35. The fourth-order valence-electron chi connectivity index (χ4n) is 4.49. The van der Waals surface area contributed by atoms with E-state index in [0.717, 1.165) is 31.2 Å². The topological polar surface area (TPSA) is 117 Å². The molecule has 188 valence electrons. The summed E-state index contributed by atoms with van der Waals surface area (Å²) in [6.07, 6.45) is 7.06. The van der Waals surface area contributed by atoms with Crippen molar-refractivity contribution in [1.29, 1.82) is 0 Å². The van der Waals surface area contributed by atoms with Crippen LogP contribution in [-0.2, 0) is 14.4 Å². The van der Waals surface area contributed by atoms with Gasteiger partial charge in [0, 0.05) is 48.6 Å². The van der Waals surface area contributed by atoms with Crippen molar-refractivity contribution >= 4 is 29.2 Å². The summed E-state index contributed by atoms with van der Waals surface area (Å²) in [6, 6.07) is 11.7. The summed E-state index contributed by atoms with van der Waals surface area (Å²) in [6.45, 7) is 3.65. The Morgan fingerprint density at radius 3 is 2.56 bits per heavy atom. The van der Waals surface area contributed by atoms with Gasteiger partial charge in [0.05, 0.1) is 0 Å². The number of nitrogens with zero attached hydrogens (tertiary/aromatic N) is 3. The van der Waals surface area contributed by atoms with Crippen LogP contribution in [0.3, 0.4) is 0 Å². The van der Waals surface area contributed by atoms with Crippen LogP contribution in [0.1, 0.15) is 61.5 Å². The van der Waals surface area contributed by atoms with Crippen LogP contribution < -0.4 is 15.5 Å². The first-order valence-corrected chi connectivity index (χ1v) is 12.2. The van der Waals surface area contributed by atoms with E-state index in [0.29, 0.717) is 22.8 Å². The maximum absolute atomic E-state index is 13.7. The number of aromatic nitrogens is 2. The normalized spacial score (nSPS) is 14.3. The van der Waals surface area contributed by atoms with E-state index in [1.165, 1.54) is 4.90 Å². The predicted molar refractivity (Wildman–Crippen MR) is 135 cm³/mol. The van der Waals surface area contributed by atoms with Crippen molar-refractivity contribution < 1.29 is 18.9 Å². The molecule has 2 heterocycles. The number of aryl methyl sites for hydroxylation is 2. The van der Waals surface area contributed by atoms with Gasteiger partial charge >= 0.3 is 0 Å². The second-order valence-corrected chi connectivity index (χ2v) is 9.15. The minimum absolute atomic E-state index is 0.0724. The largest absolute Gasteiger partial charge is 0.360 e. The van der Waals surface area contributed by atoms with Crippen molar-refractivity contribution in [3.8, 4) is 0 Å². The third-order valence-electron chi connectivity index (χ3n) is 6.22. The van der Waals surface area contributed by atoms with Crippen LogP contribution in [0.15, 0.2) is 59.4 Å². The summed E-state index contributed by atoms with van der Waals surface area (Å²) in [7, 11) is 0. The van der Waals surface area contributed by atoms with Crippen LogP contribution >= 0.6 is 0 Å². The predicted octanol–water partition coefficient (Wildman–Crippen LogP) is 4.24. The molecule has 3 aromatic rings. The Balaban J connectivity index is 1.60. The van der Waals surface area contributed by atoms with Gasteiger partial charge in [-0.1, -0.05) is 36.2 Å². The fraction of sp³-hybridized carbons (Fsp3) is 0.370. The summed E-state index contributed by atoms with van der Waals surface area (Å²) in [5.74, 6) is -0.104. The van der Waals surface area contributed by atoms with Gasteiger partial charge < -0.3 is 15.2 Å². The Kier molecular flexibility index (Phi) is 8.10. The molecular formula is C27H31N5O4. The van der Waals surface area contributed by atoms with Gasteiger partial charge in [-0.25, -0.2) is 0 Å². The zero-order valence-corrected chi connectivity index (χ0v) is 20.6. The average molecular weight is 490 g/mol. The molecule has 0 aliphatic heterocycles. The zero-order valence-electron chi connectivity index (χ0n) is 20.6. The maximum atomic E-state index is 13.7. The van der Waals surface area contributed by atoms with Crippen molar-refractivity contribution in [3.05, 3.63) is 71.7 Å². The second kappa shape index (κ2) is 11.6. The highest BCUT2D eigenvalue weighted by molar-refractivity contribution is 6.03. The molecule has 9 heteroatoms. The molecule has 36 heavy (non-hydrogen) atoms. The van der Waals surface area contributed by atoms with Crippen LogP contribution in [0.25, 0.3) is 0 Å². The Labute approximate surface area is 210 Å². The lowest BCUT2D eigenvalue weighted by atomic mass is 10.0. The molecule has 2 aromatic heterocycles. The molecule has 4 rings (SSSR count). The summed E-state index contributed by atoms with van der Waals surface area (Å²) < 4.78 is 4.97. The molecule has 0 saturated heterocycles. The molecule has 3 amide bonds. The van der Waals surface area contributed by atoms with E-state index in [1.807, 2.05) is 25.1 Å². The van der Waals surface area contributed by atoms with Crippen molar-refractivity contribution in [3.63, 3.8) is 0 Å². The lowest BCUT2D eigenvalue weighted by Crippen LogP contribution is -2.46. The summed E-state index contributed by atoms with van der Waals surface area (Å²) in [5.41, 5.74) is 2.14. The molecule has 0 bridgehead atoms. The number of pyridine rings is 1. The van der Waals surface area contributed by atoms with Gasteiger partial charge in [0.2, 0.25) is 17.7 Å². The number of amides is 3. The molecule has 1 saturated carbocycles. The monoisotopic (exact) mass is 489 g/mol. The fourth-order valence-corrected chi connectivity index (χ4v) is 4.49. The SMILES string of the molecule is Cc1cccc(N(C(=O)CCC(=O)Nc2cc(C)on2)[C@H](C(=O)NC2CCCC2)c2cccnc2)c1. The Morgan fingerprint density at radius 1 is 1.08 bits per heavy atom. The number of carbonyl (C=O) groups excluding carboxylic acids is 3. The highest BCUT2D eigenvalue weighted by atomic mass is 16.5. The molecule has 0 spiro atoms. The number of anilines is 2. The van der Waals surface area contributed by atoms with Gasteiger partial charge in [-0.05, 0) is 50.5 Å². The van der Waals surface area contributed by atoms with Gasteiger partial charge in [0.25, 0.3) is 0 Å². The first-order valence-electron chi connectivity index (χ1n) is 12.2. The zero-order chi connectivity index (χ0) is 25.5. The first-order chi connectivity index (χ1) is 17.4. The average Bonchev–Trinajstić information content (AvgIpc) is 3.52. The number of rotatable bonds is 9. The van der Waals surface area contributed by atoms with Crippen molar-refractivity contribution in [2.45, 2.75) is 64.5 Å². The van der Waals surface area contributed by atoms with Gasteiger partial charge in [-0.3, -0.25) is 24.3 Å². The molecule has 2 N–H and O–H groups in total. The quantitative estimate of drug-likeness (QED) is 0.464. The van der Waals surface area contributed by atoms with E-state index in [-0.39, 0.29) is 36.6 Å². The smallest absolute Gasteiger partial charge is 0.248 e. The molecule has 1 atom stereocenters. The van der Waals surface area contributed by atoms with E-state index < -0.39 is 6.04 Å². The highest BCUT2D eigenvalue weighted by Gasteiger charge is 2.34. The van der Waals surface area contributed by atoms with E-state index in [2.05, 4.69) is 20.8 Å². The van der Waals surface area contributed by atoms with E-state index >= 15 is 0 Å². The van der Waals surface area contributed by atoms with Gasteiger partial charge in [-0.2, -0.15) is 0 Å². The molecule has 0 unspecified atom stereocenters. The van der Waals surface area contributed by atoms with Crippen LogP contribution in [0.4, 0.5) is 11.5 Å². The summed E-state index contributed by atoms with van der Waals surface area (Å²) >= 11 is 0. The molecule has 1 fully saturated rings. The van der Waals surface area contributed by atoms with Crippen molar-refractivity contribution in [1.82, 2.24) is 15.5 Å². The number of hydrogen-bond donors (Lipinski definition) is 2. The van der Waals surface area contributed by atoms with Crippen molar-refractivity contribution in [2.24, 2.45) is 0 Å². The Hall–Kier alpha value is -4.01. The standard InChI is InChI=1S/C27H31N5O4/c1-18-7-5-11-22(15-18)32(25(34)13-12-24(33)30-23-16-19(2)36-31-23)26(20-8-6-14-28-17-20)27(35)29-21-9-3-4-10-21/h5-8,11,14-17,21,26H,3-4,9-10,12-13H2,1-2H3,(H,29,35)(H,30,31,33)/t26-/m0/s1. The minimum Gasteiger partial charge on any atom is -0.360 e. The Morgan fingerprint density at radius 2 is 1.89 bits per heavy atom. The molecule has 1 aliphatic rings. The van der Waals surface area contributed by atoms with Gasteiger partial charge in [0.15, 0.2) is 5.82 Å². The lowest BCUT2D eigenvalue weighted by Gasteiger charge is -2.32. The maximum Gasteiger partial charge on any atom is 0.248 e. The van der Waals surface area contributed by atoms with Crippen molar-refractivity contribution in [2.75, 3.05) is 10.2 Å². The van der Waals surface area contributed by atoms with E-state index in [4.69, 9.17) is 4.52 Å². The van der Waals surface area contributed by atoms with Crippen LogP contribution in [-0.4, -0.2) is 33.9 Å². The number of nitrogens with one attached hydrogen (secondary N) is 2.